The minimum Gasteiger partial charge on any atom is -0.245 e. The molecule has 0 aliphatic heterocycles. The summed E-state index contributed by atoms with van der Waals surface area (Å²) in [7, 11) is 0. The van der Waals surface area contributed by atoms with Gasteiger partial charge in [-0.25, -0.2) is 19.9 Å². The van der Waals surface area contributed by atoms with Crippen LogP contribution in [0.3, 0.4) is 0 Å². The fourth-order valence-corrected chi connectivity index (χ4v) is 1.30. The molecule has 0 aliphatic rings. The summed E-state index contributed by atoms with van der Waals surface area (Å²) in [6, 6.07) is 0. The van der Waals surface area contributed by atoms with Gasteiger partial charge in [-0.2, -0.15) is 0 Å². The highest BCUT2D eigenvalue weighted by atomic mass is 14.8. The third-order valence-electron chi connectivity index (χ3n) is 2.15. The second-order valence-electron chi connectivity index (χ2n) is 3.39. The molecular formula is C11H12N4. The molecule has 0 atom stereocenters. The SMILES string of the molecule is Cc1ncc(CCc2cncnc2)cn1. The number of aryl methyl sites for hydroxylation is 3. The van der Waals surface area contributed by atoms with Gasteiger partial charge in [0.1, 0.15) is 12.2 Å². The Balaban J connectivity index is 1.96. The molecule has 15 heavy (non-hydrogen) atoms. The Bertz CT molecular complexity index is 410. The second-order valence-corrected chi connectivity index (χ2v) is 3.39. The first kappa shape index (κ1) is 9.71. The second kappa shape index (κ2) is 4.59. The van der Waals surface area contributed by atoms with Crippen LogP contribution in [0.2, 0.25) is 0 Å². The Kier molecular flexibility index (Phi) is 2.97. The van der Waals surface area contributed by atoms with E-state index in [1.54, 1.807) is 6.33 Å². The summed E-state index contributed by atoms with van der Waals surface area (Å²) in [5, 5.41) is 0. The van der Waals surface area contributed by atoms with Crippen LogP contribution in [0.4, 0.5) is 0 Å². The summed E-state index contributed by atoms with van der Waals surface area (Å²) in [6.45, 7) is 1.88. The molecule has 0 spiro atoms. The summed E-state index contributed by atoms with van der Waals surface area (Å²) in [4.78, 5) is 16.2. The average Bonchev–Trinajstić information content (AvgIpc) is 2.30. The Labute approximate surface area is 88.5 Å². The molecule has 0 aromatic carbocycles. The number of aromatic nitrogens is 4. The molecule has 2 rings (SSSR count). The van der Waals surface area contributed by atoms with Crippen LogP contribution in [-0.2, 0) is 12.8 Å². The third kappa shape index (κ3) is 2.80. The first-order chi connectivity index (χ1) is 7.34. The summed E-state index contributed by atoms with van der Waals surface area (Å²) < 4.78 is 0. The molecule has 0 unspecified atom stereocenters. The molecule has 2 aromatic rings. The maximum Gasteiger partial charge on any atom is 0.125 e. The Morgan fingerprint density at radius 1 is 0.867 bits per heavy atom. The Morgan fingerprint density at radius 3 is 2.00 bits per heavy atom. The summed E-state index contributed by atoms with van der Waals surface area (Å²) in [5.74, 6) is 0.807. The van der Waals surface area contributed by atoms with Gasteiger partial charge < -0.3 is 0 Å². The molecule has 0 N–H and O–H groups in total. The largest absolute Gasteiger partial charge is 0.245 e. The van der Waals surface area contributed by atoms with Gasteiger partial charge in [-0.15, -0.1) is 0 Å². The molecule has 2 heterocycles. The normalized spacial score (nSPS) is 10.2. The van der Waals surface area contributed by atoms with Crippen molar-refractivity contribution in [2.75, 3.05) is 0 Å². The van der Waals surface area contributed by atoms with Crippen LogP contribution in [0.25, 0.3) is 0 Å². The van der Waals surface area contributed by atoms with Crippen molar-refractivity contribution in [3.8, 4) is 0 Å². The predicted molar refractivity (Wildman–Crippen MR) is 56.2 cm³/mol. The highest BCUT2D eigenvalue weighted by molar-refractivity contribution is 5.10. The van der Waals surface area contributed by atoms with Crippen LogP contribution in [-0.4, -0.2) is 19.9 Å². The number of nitrogens with zero attached hydrogens (tertiary/aromatic N) is 4. The molecule has 0 fully saturated rings. The van der Waals surface area contributed by atoms with E-state index in [2.05, 4.69) is 19.9 Å². The molecule has 4 heteroatoms. The molecule has 0 bridgehead atoms. The van der Waals surface area contributed by atoms with E-state index < -0.39 is 0 Å². The highest BCUT2D eigenvalue weighted by Crippen LogP contribution is 2.03. The number of rotatable bonds is 3. The van der Waals surface area contributed by atoms with Gasteiger partial charge in [0.15, 0.2) is 0 Å². The lowest BCUT2D eigenvalue weighted by Gasteiger charge is -2.00. The van der Waals surface area contributed by atoms with Crippen molar-refractivity contribution in [2.45, 2.75) is 19.8 Å². The number of hydrogen-bond acceptors (Lipinski definition) is 4. The maximum absolute atomic E-state index is 4.15. The van der Waals surface area contributed by atoms with E-state index in [9.17, 15) is 0 Å². The van der Waals surface area contributed by atoms with Gasteiger partial charge in [0.05, 0.1) is 0 Å². The van der Waals surface area contributed by atoms with E-state index in [0.717, 1.165) is 29.8 Å². The van der Waals surface area contributed by atoms with E-state index >= 15 is 0 Å². The lowest BCUT2D eigenvalue weighted by atomic mass is 10.1. The standard InChI is InChI=1S/C11H12N4/c1-9-14-6-11(7-15-9)3-2-10-4-12-8-13-5-10/h4-8H,2-3H2,1H3. The van der Waals surface area contributed by atoms with Crippen LogP contribution in [0.1, 0.15) is 17.0 Å². The monoisotopic (exact) mass is 200 g/mol. The molecule has 0 saturated heterocycles. The van der Waals surface area contributed by atoms with E-state index in [4.69, 9.17) is 0 Å². The first-order valence-electron chi connectivity index (χ1n) is 4.86. The highest BCUT2D eigenvalue weighted by Gasteiger charge is 1.97. The quantitative estimate of drug-likeness (QED) is 0.750. The zero-order chi connectivity index (χ0) is 10.5. The van der Waals surface area contributed by atoms with Gasteiger partial charge >= 0.3 is 0 Å². The van der Waals surface area contributed by atoms with Gasteiger partial charge in [-0.1, -0.05) is 0 Å². The van der Waals surface area contributed by atoms with Crippen molar-refractivity contribution in [3.05, 3.63) is 48.1 Å². The smallest absolute Gasteiger partial charge is 0.125 e. The van der Waals surface area contributed by atoms with Gasteiger partial charge in [0.25, 0.3) is 0 Å². The molecular weight excluding hydrogens is 188 g/mol. The molecule has 0 aliphatic carbocycles. The van der Waals surface area contributed by atoms with E-state index in [0.29, 0.717) is 0 Å². The first-order valence-corrected chi connectivity index (χ1v) is 4.86. The van der Waals surface area contributed by atoms with Crippen molar-refractivity contribution in [1.29, 1.82) is 0 Å². The fourth-order valence-electron chi connectivity index (χ4n) is 1.30. The van der Waals surface area contributed by atoms with Crippen molar-refractivity contribution >= 4 is 0 Å². The van der Waals surface area contributed by atoms with Crippen LogP contribution >= 0.6 is 0 Å². The van der Waals surface area contributed by atoms with Gasteiger partial charge in [-0.05, 0) is 30.9 Å². The van der Waals surface area contributed by atoms with E-state index in [1.165, 1.54) is 0 Å². The third-order valence-corrected chi connectivity index (χ3v) is 2.15. The molecule has 0 saturated carbocycles. The number of hydrogen-bond donors (Lipinski definition) is 0. The van der Waals surface area contributed by atoms with Crippen LogP contribution in [0, 0.1) is 6.92 Å². The minimum atomic E-state index is 0.807. The lowest BCUT2D eigenvalue weighted by Crippen LogP contribution is -1.95. The van der Waals surface area contributed by atoms with Gasteiger partial charge in [-0.3, -0.25) is 0 Å². The van der Waals surface area contributed by atoms with Crippen molar-refractivity contribution in [2.24, 2.45) is 0 Å². The lowest BCUT2D eigenvalue weighted by molar-refractivity contribution is 0.901. The topological polar surface area (TPSA) is 51.6 Å². The Morgan fingerprint density at radius 2 is 1.40 bits per heavy atom. The summed E-state index contributed by atoms with van der Waals surface area (Å²) >= 11 is 0. The molecule has 2 aromatic heterocycles. The fraction of sp³-hybridized carbons (Fsp3) is 0.273. The summed E-state index contributed by atoms with van der Waals surface area (Å²) in [6.07, 6.45) is 10.8. The van der Waals surface area contributed by atoms with Crippen LogP contribution in [0.15, 0.2) is 31.1 Å². The van der Waals surface area contributed by atoms with Crippen molar-refractivity contribution in [1.82, 2.24) is 19.9 Å². The van der Waals surface area contributed by atoms with Crippen LogP contribution in [0.5, 0.6) is 0 Å². The molecule has 76 valence electrons. The molecule has 0 amide bonds. The summed E-state index contributed by atoms with van der Waals surface area (Å²) in [5.41, 5.74) is 2.28. The maximum atomic E-state index is 4.15. The van der Waals surface area contributed by atoms with Gasteiger partial charge in [0.2, 0.25) is 0 Å². The van der Waals surface area contributed by atoms with Crippen molar-refractivity contribution in [3.63, 3.8) is 0 Å². The average molecular weight is 200 g/mol. The van der Waals surface area contributed by atoms with E-state index in [-0.39, 0.29) is 0 Å². The predicted octanol–water partition coefficient (Wildman–Crippen LogP) is 1.36. The van der Waals surface area contributed by atoms with E-state index in [1.807, 2.05) is 31.7 Å². The van der Waals surface area contributed by atoms with Crippen molar-refractivity contribution < 1.29 is 0 Å². The molecule has 0 radical (unpaired) electrons. The zero-order valence-electron chi connectivity index (χ0n) is 8.59. The minimum absolute atomic E-state index is 0.807. The molecule has 4 nitrogen and oxygen atoms in total. The zero-order valence-corrected chi connectivity index (χ0v) is 8.59. The van der Waals surface area contributed by atoms with Gasteiger partial charge in [0, 0.05) is 24.8 Å². The Hall–Kier alpha value is -1.84. The van der Waals surface area contributed by atoms with Crippen LogP contribution < -0.4 is 0 Å².